The highest BCUT2D eigenvalue weighted by Gasteiger charge is 2.31. The van der Waals surface area contributed by atoms with Crippen LogP contribution in [0.15, 0.2) is 18.2 Å². The van der Waals surface area contributed by atoms with E-state index in [0.29, 0.717) is 35.1 Å². The van der Waals surface area contributed by atoms with E-state index in [-0.39, 0.29) is 11.3 Å². The number of alkyl halides is 1. The molecule has 3 rings (SSSR count). The zero-order valence-electron chi connectivity index (χ0n) is 9.68. The van der Waals surface area contributed by atoms with Gasteiger partial charge in [0.15, 0.2) is 0 Å². The van der Waals surface area contributed by atoms with Gasteiger partial charge in [-0.05, 0) is 23.4 Å². The van der Waals surface area contributed by atoms with Crippen molar-refractivity contribution in [3.8, 4) is 11.4 Å². The minimum absolute atomic E-state index is 0.0352. The molecular formula is C11H9Cl2N5O. The molecule has 0 radical (unpaired) electrons. The van der Waals surface area contributed by atoms with Crippen molar-refractivity contribution < 1.29 is 4.79 Å². The summed E-state index contributed by atoms with van der Waals surface area (Å²) in [6, 6.07) is 5.19. The molecule has 6 nitrogen and oxygen atoms in total. The van der Waals surface area contributed by atoms with E-state index in [1.807, 2.05) is 0 Å². The van der Waals surface area contributed by atoms with Crippen LogP contribution in [0.25, 0.3) is 11.4 Å². The number of nitrogens with one attached hydrogen (secondary N) is 1. The van der Waals surface area contributed by atoms with Gasteiger partial charge < -0.3 is 4.90 Å². The van der Waals surface area contributed by atoms with Crippen molar-refractivity contribution in [2.75, 3.05) is 11.4 Å². The van der Waals surface area contributed by atoms with Crippen LogP contribution < -0.4 is 4.90 Å². The van der Waals surface area contributed by atoms with E-state index in [1.165, 1.54) is 0 Å². The number of hydrogen-bond donors (Lipinski definition) is 1. The first-order valence-electron chi connectivity index (χ1n) is 5.63. The van der Waals surface area contributed by atoms with Gasteiger partial charge in [-0.2, -0.15) is 5.21 Å². The van der Waals surface area contributed by atoms with E-state index < -0.39 is 0 Å². The largest absolute Gasteiger partial charge is 0.310 e. The quantitative estimate of drug-likeness (QED) is 0.859. The molecule has 2 heterocycles. The predicted molar refractivity (Wildman–Crippen MR) is 71.2 cm³/mol. The van der Waals surface area contributed by atoms with Crippen LogP contribution in [0.1, 0.15) is 6.42 Å². The lowest BCUT2D eigenvalue weighted by molar-refractivity contribution is -0.117. The van der Waals surface area contributed by atoms with Gasteiger partial charge in [0.1, 0.15) is 0 Å². The zero-order valence-corrected chi connectivity index (χ0v) is 11.2. The summed E-state index contributed by atoms with van der Waals surface area (Å²) in [7, 11) is 0. The molecule has 0 spiro atoms. The van der Waals surface area contributed by atoms with Crippen LogP contribution in [0.4, 0.5) is 5.69 Å². The Hall–Kier alpha value is -1.66. The molecule has 1 aliphatic rings. The summed E-state index contributed by atoms with van der Waals surface area (Å²) in [4.78, 5) is 13.6. The average molecular weight is 298 g/mol. The first kappa shape index (κ1) is 12.4. The Balaban J connectivity index is 2.09. The highest BCUT2D eigenvalue weighted by atomic mass is 35.5. The van der Waals surface area contributed by atoms with Crippen molar-refractivity contribution in [2.24, 2.45) is 0 Å². The van der Waals surface area contributed by atoms with Crippen molar-refractivity contribution in [1.29, 1.82) is 0 Å². The Bertz CT molecular complexity index is 616. The topological polar surface area (TPSA) is 74.8 Å². The zero-order chi connectivity index (χ0) is 13.4. The third kappa shape index (κ3) is 2.29. The van der Waals surface area contributed by atoms with E-state index in [0.717, 1.165) is 0 Å². The fraction of sp³-hybridized carbons (Fsp3) is 0.273. The lowest BCUT2D eigenvalue weighted by atomic mass is 10.1. The van der Waals surface area contributed by atoms with E-state index >= 15 is 0 Å². The van der Waals surface area contributed by atoms with Gasteiger partial charge >= 0.3 is 0 Å². The van der Waals surface area contributed by atoms with Crippen molar-refractivity contribution in [2.45, 2.75) is 11.8 Å². The molecule has 1 aromatic carbocycles. The maximum Gasteiger partial charge on any atom is 0.228 e. The molecule has 1 amide bonds. The molecule has 1 N–H and O–H groups in total. The molecule has 1 atom stereocenters. The van der Waals surface area contributed by atoms with Gasteiger partial charge in [-0.1, -0.05) is 11.6 Å². The summed E-state index contributed by atoms with van der Waals surface area (Å²) >= 11 is 12.0. The third-order valence-electron chi connectivity index (χ3n) is 2.91. The lowest BCUT2D eigenvalue weighted by Crippen LogP contribution is -2.25. The number of amides is 1. The number of carbonyl (C=O) groups is 1. The van der Waals surface area contributed by atoms with Crippen LogP contribution >= 0.6 is 23.2 Å². The summed E-state index contributed by atoms with van der Waals surface area (Å²) < 4.78 is 0. The molecule has 19 heavy (non-hydrogen) atoms. The summed E-state index contributed by atoms with van der Waals surface area (Å²) in [6.07, 6.45) is 0.319. The number of hydrogen-bond acceptors (Lipinski definition) is 4. The number of H-pyrrole nitrogens is 1. The van der Waals surface area contributed by atoms with Crippen LogP contribution in [0, 0.1) is 0 Å². The molecule has 1 unspecified atom stereocenters. The lowest BCUT2D eigenvalue weighted by Gasteiger charge is -2.18. The van der Waals surface area contributed by atoms with Gasteiger partial charge in [-0.25, -0.2) is 0 Å². The number of rotatable bonds is 2. The Morgan fingerprint density at radius 3 is 2.89 bits per heavy atom. The fourth-order valence-corrected chi connectivity index (χ4v) is 2.53. The Kier molecular flexibility index (Phi) is 3.12. The van der Waals surface area contributed by atoms with Crippen molar-refractivity contribution in [1.82, 2.24) is 20.6 Å². The molecule has 2 aromatic rings. The SMILES string of the molecule is O=C1CC(Cl)CN1c1cc(Cl)ccc1-c1nn[nH]n1. The van der Waals surface area contributed by atoms with Gasteiger partial charge in [0.05, 0.1) is 11.1 Å². The number of nitrogens with zero attached hydrogens (tertiary/aromatic N) is 4. The van der Waals surface area contributed by atoms with Crippen LogP contribution in [0.5, 0.6) is 0 Å². The molecule has 8 heteroatoms. The molecule has 0 bridgehead atoms. The summed E-state index contributed by atoms with van der Waals surface area (Å²) in [5.41, 5.74) is 1.35. The standard InChI is InChI=1S/C11H9Cl2N5O/c12-6-1-2-8(11-14-16-17-15-11)9(3-6)18-5-7(13)4-10(18)19/h1-3,7H,4-5H2,(H,14,15,16,17). The van der Waals surface area contributed by atoms with Gasteiger partial charge in [0.2, 0.25) is 11.7 Å². The van der Waals surface area contributed by atoms with Gasteiger partial charge in [0, 0.05) is 23.6 Å². The molecule has 0 saturated carbocycles. The van der Waals surface area contributed by atoms with Gasteiger partial charge in [0.25, 0.3) is 0 Å². The van der Waals surface area contributed by atoms with Crippen molar-refractivity contribution >= 4 is 34.8 Å². The third-order valence-corrected chi connectivity index (χ3v) is 3.44. The highest BCUT2D eigenvalue weighted by molar-refractivity contribution is 6.31. The number of tetrazole rings is 1. The second-order valence-electron chi connectivity index (χ2n) is 4.20. The van der Waals surface area contributed by atoms with Gasteiger partial charge in [-0.15, -0.1) is 21.8 Å². The molecule has 1 saturated heterocycles. The average Bonchev–Trinajstić information content (AvgIpc) is 2.99. The first-order valence-corrected chi connectivity index (χ1v) is 6.44. The summed E-state index contributed by atoms with van der Waals surface area (Å²) in [6.45, 7) is 0.450. The monoisotopic (exact) mass is 297 g/mol. The van der Waals surface area contributed by atoms with Crippen LogP contribution in [0.2, 0.25) is 5.02 Å². The maximum atomic E-state index is 12.0. The number of anilines is 1. The molecular weight excluding hydrogens is 289 g/mol. The van der Waals surface area contributed by atoms with Crippen LogP contribution in [-0.4, -0.2) is 38.5 Å². The summed E-state index contributed by atoms with van der Waals surface area (Å²) in [5, 5.41) is 14.1. The minimum Gasteiger partial charge on any atom is -0.310 e. The normalized spacial score (nSPS) is 19.2. The molecule has 98 valence electrons. The van der Waals surface area contributed by atoms with Crippen molar-refractivity contribution in [3.05, 3.63) is 23.2 Å². The molecule has 0 aliphatic carbocycles. The summed E-state index contributed by atoms with van der Waals surface area (Å²) in [5.74, 6) is 0.379. The van der Waals surface area contributed by atoms with Gasteiger partial charge in [-0.3, -0.25) is 4.79 Å². The predicted octanol–water partition coefficient (Wildman–Crippen LogP) is 1.86. The maximum absolute atomic E-state index is 12.0. The fourth-order valence-electron chi connectivity index (χ4n) is 2.09. The number of benzene rings is 1. The van der Waals surface area contributed by atoms with E-state index in [9.17, 15) is 4.79 Å². The number of aromatic nitrogens is 4. The Labute approximate surface area is 118 Å². The van der Waals surface area contributed by atoms with E-state index in [4.69, 9.17) is 23.2 Å². The minimum atomic E-state index is -0.190. The second-order valence-corrected chi connectivity index (χ2v) is 5.26. The number of halogens is 2. The smallest absolute Gasteiger partial charge is 0.228 e. The second kappa shape index (κ2) is 4.79. The highest BCUT2D eigenvalue weighted by Crippen LogP contribution is 2.34. The Morgan fingerprint density at radius 2 is 2.26 bits per heavy atom. The molecule has 1 aliphatic heterocycles. The van der Waals surface area contributed by atoms with Crippen molar-refractivity contribution in [3.63, 3.8) is 0 Å². The first-order chi connectivity index (χ1) is 9.15. The molecule has 1 fully saturated rings. The van der Waals surface area contributed by atoms with E-state index in [2.05, 4.69) is 20.6 Å². The van der Waals surface area contributed by atoms with E-state index in [1.54, 1.807) is 23.1 Å². The van der Waals surface area contributed by atoms with Crippen LogP contribution in [-0.2, 0) is 4.79 Å². The molecule has 1 aromatic heterocycles. The number of aromatic amines is 1. The number of carbonyl (C=O) groups excluding carboxylic acids is 1. The van der Waals surface area contributed by atoms with Crippen LogP contribution in [0.3, 0.4) is 0 Å². The Morgan fingerprint density at radius 1 is 1.42 bits per heavy atom.